The molecule has 34 heavy (non-hydrogen) atoms. The molecule has 1 aliphatic heterocycles. The van der Waals surface area contributed by atoms with Gasteiger partial charge in [0.05, 0.1) is 0 Å². The Morgan fingerprint density at radius 3 is 1.53 bits per heavy atom. The van der Waals surface area contributed by atoms with Crippen molar-refractivity contribution in [3.63, 3.8) is 0 Å². The van der Waals surface area contributed by atoms with E-state index >= 15 is 0 Å². The quantitative estimate of drug-likeness (QED) is 0.119. The Kier molecular flexibility index (Phi) is 17.6. The van der Waals surface area contributed by atoms with Crippen molar-refractivity contribution < 1.29 is 9.22 Å². The average molecular weight is 696 g/mol. The molecular formula is C29H62O3Sn2. The van der Waals surface area contributed by atoms with Crippen LogP contribution in [0.15, 0.2) is 0 Å². The molecule has 5 heteroatoms. The van der Waals surface area contributed by atoms with Gasteiger partial charge in [-0.25, -0.2) is 0 Å². The first-order valence-electron chi connectivity index (χ1n) is 15.3. The topological polar surface area (TPSA) is 27.7 Å². The zero-order valence-electron chi connectivity index (χ0n) is 24.6. The van der Waals surface area contributed by atoms with E-state index in [1.807, 2.05) is 0 Å². The summed E-state index contributed by atoms with van der Waals surface area (Å²) in [5, 5.41) is 0. The van der Waals surface area contributed by atoms with Crippen LogP contribution in [0.5, 0.6) is 0 Å². The molecule has 1 rings (SSSR count). The van der Waals surface area contributed by atoms with Gasteiger partial charge in [-0.05, 0) is 0 Å². The standard InChI is InChI=1S/C11H22O.2C5H11O.2C4H9.2Sn/c1-4-7-9-11(12,6-3)10-8-5-2;2*1-3-5(2)4-6;2*1-3-4-2;;/h3-10H2,1-2H3;2*5H,3-4H2,1-2H3;2*1,3-4H2,2H3;;/q3*-1;;;+1;+2. The maximum atomic E-state index is 7.87. The molecular weight excluding hydrogens is 634 g/mol. The number of hydrogen-bond donors (Lipinski definition) is 0. The van der Waals surface area contributed by atoms with Crippen molar-refractivity contribution in [1.82, 2.24) is 0 Å². The normalized spacial score (nSPS) is 23.6. The van der Waals surface area contributed by atoms with Crippen LogP contribution in [-0.4, -0.2) is 48.9 Å². The fourth-order valence-corrected chi connectivity index (χ4v) is 80.0. The predicted molar refractivity (Wildman–Crippen MR) is 154 cm³/mol. The minimum absolute atomic E-state index is 0.128. The molecule has 2 atom stereocenters. The Labute approximate surface area is 220 Å². The molecule has 0 aromatic carbocycles. The maximum absolute atomic E-state index is 7.87. The fraction of sp³-hybridized carbons (Fsp3) is 1.00. The van der Waals surface area contributed by atoms with Crippen LogP contribution in [0.3, 0.4) is 0 Å². The third-order valence-corrected chi connectivity index (χ3v) is 76.0. The first-order chi connectivity index (χ1) is 16.3. The molecule has 0 amide bonds. The summed E-state index contributed by atoms with van der Waals surface area (Å²) in [5.41, 5.74) is 0.128. The Hall–Kier alpha value is 1.48. The van der Waals surface area contributed by atoms with Gasteiger partial charge in [-0.15, -0.1) is 0 Å². The number of hydrogen-bond acceptors (Lipinski definition) is 3. The molecule has 2 unspecified atom stereocenters. The molecule has 1 fully saturated rings. The molecule has 0 aliphatic carbocycles. The molecule has 3 nitrogen and oxygen atoms in total. The van der Waals surface area contributed by atoms with Gasteiger partial charge in [0.25, 0.3) is 0 Å². The van der Waals surface area contributed by atoms with Crippen LogP contribution in [0.2, 0.25) is 13.3 Å². The van der Waals surface area contributed by atoms with E-state index in [1.54, 1.807) is 0 Å². The summed E-state index contributed by atoms with van der Waals surface area (Å²) < 4.78 is 26.4. The Bertz CT molecular complexity index is 484. The first-order valence-corrected chi connectivity index (χ1v) is 35.8. The van der Waals surface area contributed by atoms with Crippen molar-refractivity contribution in [3.05, 3.63) is 0 Å². The van der Waals surface area contributed by atoms with Gasteiger partial charge >= 0.3 is 222 Å². The molecule has 1 heterocycles. The van der Waals surface area contributed by atoms with Gasteiger partial charge in [-0.1, -0.05) is 0 Å². The van der Waals surface area contributed by atoms with Crippen LogP contribution in [0.1, 0.15) is 139 Å². The molecule has 0 saturated carbocycles. The van der Waals surface area contributed by atoms with Gasteiger partial charge in [0.15, 0.2) is 0 Å². The molecule has 0 N–H and O–H groups in total. The Morgan fingerprint density at radius 1 is 0.706 bits per heavy atom. The fourth-order valence-electron chi connectivity index (χ4n) is 5.41. The molecule has 1 saturated heterocycles. The summed E-state index contributed by atoms with van der Waals surface area (Å²) in [7, 11) is 0. The van der Waals surface area contributed by atoms with Crippen molar-refractivity contribution in [2.75, 3.05) is 13.2 Å². The second-order valence-corrected chi connectivity index (χ2v) is 60.1. The monoisotopic (exact) mass is 698 g/mol. The molecule has 204 valence electrons. The molecule has 0 aromatic heterocycles. The van der Waals surface area contributed by atoms with Crippen molar-refractivity contribution in [3.8, 4) is 0 Å². The van der Waals surface area contributed by atoms with Crippen LogP contribution < -0.4 is 0 Å². The summed E-state index contributed by atoms with van der Waals surface area (Å²) in [6, 6.07) is 0. The van der Waals surface area contributed by atoms with Gasteiger partial charge in [-0.3, -0.25) is 0 Å². The van der Waals surface area contributed by atoms with E-state index in [-0.39, 0.29) is 5.60 Å². The summed E-state index contributed by atoms with van der Waals surface area (Å²) >= 11 is -6.54. The van der Waals surface area contributed by atoms with Crippen LogP contribution in [0, 0.1) is 11.8 Å². The second-order valence-electron chi connectivity index (χ2n) is 11.6. The molecule has 0 bridgehead atoms. The van der Waals surface area contributed by atoms with Crippen LogP contribution in [0.4, 0.5) is 0 Å². The predicted octanol–water partition coefficient (Wildman–Crippen LogP) is 9.72. The SMILES string of the molecule is CCCCC1(CCCC)C[CH2][Sn]([O]CC(C)CC)([O]CC(C)CC)[Sn]([CH2]CCC)([CH2]CCC)[O]1. The molecule has 0 aromatic rings. The van der Waals surface area contributed by atoms with Gasteiger partial charge in [0, 0.05) is 0 Å². The molecule has 0 spiro atoms. The Balaban J connectivity index is 3.50. The number of unbranched alkanes of at least 4 members (excludes halogenated alkanes) is 4. The van der Waals surface area contributed by atoms with Gasteiger partial charge < -0.3 is 0 Å². The summed E-state index contributed by atoms with van der Waals surface area (Å²) in [6.45, 7) is 20.6. The van der Waals surface area contributed by atoms with E-state index in [9.17, 15) is 0 Å². The van der Waals surface area contributed by atoms with Gasteiger partial charge in [0.1, 0.15) is 0 Å². The van der Waals surface area contributed by atoms with E-state index in [4.69, 9.17) is 9.22 Å². The summed E-state index contributed by atoms with van der Waals surface area (Å²) in [4.78, 5) is 0. The molecule has 1 aliphatic rings. The van der Waals surface area contributed by atoms with Gasteiger partial charge in [0.2, 0.25) is 0 Å². The first kappa shape index (κ1) is 33.5. The second kappa shape index (κ2) is 17.9. The van der Waals surface area contributed by atoms with Crippen LogP contribution in [0.25, 0.3) is 0 Å². The van der Waals surface area contributed by atoms with Gasteiger partial charge in [-0.2, -0.15) is 0 Å². The zero-order valence-corrected chi connectivity index (χ0v) is 30.3. The van der Waals surface area contributed by atoms with E-state index < -0.39 is 30.1 Å². The van der Waals surface area contributed by atoms with E-state index in [1.165, 1.54) is 96.8 Å². The van der Waals surface area contributed by atoms with E-state index in [2.05, 4.69) is 55.4 Å². The van der Waals surface area contributed by atoms with Crippen LogP contribution >= 0.6 is 0 Å². The minimum atomic E-state index is -3.38. The molecule has 0 radical (unpaired) electrons. The number of rotatable bonds is 20. The van der Waals surface area contributed by atoms with E-state index in [0.717, 1.165) is 13.2 Å². The van der Waals surface area contributed by atoms with Crippen LogP contribution in [-0.2, 0) is 9.22 Å². The van der Waals surface area contributed by atoms with Crippen molar-refractivity contribution in [1.29, 1.82) is 0 Å². The van der Waals surface area contributed by atoms with E-state index in [0.29, 0.717) is 11.8 Å². The van der Waals surface area contributed by atoms with Crippen molar-refractivity contribution in [2.45, 2.75) is 158 Å². The average Bonchev–Trinajstić information content (AvgIpc) is 2.86. The third kappa shape index (κ3) is 9.98. The summed E-state index contributed by atoms with van der Waals surface area (Å²) in [5.74, 6) is 1.24. The van der Waals surface area contributed by atoms with Crippen molar-refractivity contribution in [2.24, 2.45) is 11.8 Å². The third-order valence-electron chi connectivity index (χ3n) is 8.45. The summed E-state index contributed by atoms with van der Waals surface area (Å²) in [6.07, 6.45) is 16.4. The van der Waals surface area contributed by atoms with Crippen molar-refractivity contribution >= 4 is 30.1 Å². The zero-order chi connectivity index (χ0) is 25.5. The Morgan fingerprint density at radius 2 is 1.15 bits per heavy atom.